The molecule has 1 unspecified atom stereocenters. The lowest BCUT2D eigenvalue weighted by Crippen LogP contribution is -2.36. The third-order valence-corrected chi connectivity index (χ3v) is 3.00. The lowest BCUT2D eigenvalue weighted by Gasteiger charge is -2.20. The summed E-state index contributed by atoms with van der Waals surface area (Å²) < 4.78 is 41.3. The molecule has 0 aliphatic heterocycles. The van der Waals surface area contributed by atoms with Gasteiger partial charge >= 0.3 is 6.18 Å². The van der Waals surface area contributed by atoms with E-state index in [9.17, 15) is 13.2 Å². The first-order chi connectivity index (χ1) is 9.31. The van der Waals surface area contributed by atoms with E-state index in [0.717, 1.165) is 13.0 Å². The molecule has 1 heterocycles. The van der Waals surface area contributed by atoms with Gasteiger partial charge in [-0.15, -0.1) is 0 Å². The summed E-state index contributed by atoms with van der Waals surface area (Å²) in [7, 11) is 0. The summed E-state index contributed by atoms with van der Waals surface area (Å²) in [4.78, 5) is 4.03. The molecule has 0 aliphatic carbocycles. The molecule has 1 atom stereocenters. The van der Waals surface area contributed by atoms with Crippen LogP contribution in [0.4, 0.5) is 13.2 Å². The number of halogens is 3. The molecule has 0 radical (unpaired) electrons. The SMILES string of the molecule is CCCNC(Cc1nc(CCC(F)(F)F)no1)C(C)C. The van der Waals surface area contributed by atoms with E-state index < -0.39 is 12.6 Å². The highest BCUT2D eigenvalue weighted by molar-refractivity contribution is 4.91. The minimum absolute atomic E-state index is 0.121. The summed E-state index contributed by atoms with van der Waals surface area (Å²) in [5.74, 6) is 0.895. The van der Waals surface area contributed by atoms with E-state index in [1.807, 2.05) is 0 Å². The summed E-state index contributed by atoms with van der Waals surface area (Å²) in [6.07, 6.45) is -3.79. The second kappa shape index (κ2) is 7.61. The molecule has 0 aromatic carbocycles. The van der Waals surface area contributed by atoms with Crippen LogP contribution in [0.5, 0.6) is 0 Å². The number of aromatic nitrogens is 2. The van der Waals surface area contributed by atoms with Gasteiger partial charge in [-0.3, -0.25) is 0 Å². The van der Waals surface area contributed by atoms with Crippen molar-refractivity contribution in [2.75, 3.05) is 6.54 Å². The number of rotatable bonds is 8. The standard InChI is InChI=1S/C13H22F3N3O/c1-4-7-17-10(9(2)3)8-12-18-11(19-20-12)5-6-13(14,15)16/h9-10,17H,4-8H2,1-3H3. The number of aryl methyl sites for hydroxylation is 1. The van der Waals surface area contributed by atoms with Gasteiger partial charge < -0.3 is 9.84 Å². The number of alkyl halides is 3. The van der Waals surface area contributed by atoms with E-state index >= 15 is 0 Å². The van der Waals surface area contributed by atoms with Crippen LogP contribution in [-0.2, 0) is 12.8 Å². The van der Waals surface area contributed by atoms with E-state index in [0.29, 0.717) is 18.2 Å². The summed E-state index contributed by atoms with van der Waals surface area (Å²) in [5, 5.41) is 6.97. The number of nitrogens with zero attached hydrogens (tertiary/aromatic N) is 2. The van der Waals surface area contributed by atoms with Crippen molar-refractivity contribution in [2.24, 2.45) is 5.92 Å². The van der Waals surface area contributed by atoms with Gasteiger partial charge in [0, 0.05) is 18.9 Å². The fourth-order valence-corrected chi connectivity index (χ4v) is 1.79. The first kappa shape index (κ1) is 16.9. The van der Waals surface area contributed by atoms with Crippen molar-refractivity contribution in [1.29, 1.82) is 0 Å². The van der Waals surface area contributed by atoms with Crippen LogP contribution in [0.15, 0.2) is 4.52 Å². The molecule has 4 nitrogen and oxygen atoms in total. The molecule has 0 fully saturated rings. The van der Waals surface area contributed by atoms with Crippen molar-refractivity contribution in [1.82, 2.24) is 15.5 Å². The van der Waals surface area contributed by atoms with Crippen molar-refractivity contribution in [3.8, 4) is 0 Å². The average molecular weight is 293 g/mol. The van der Waals surface area contributed by atoms with E-state index in [-0.39, 0.29) is 18.3 Å². The Kier molecular flexibility index (Phi) is 6.45. The van der Waals surface area contributed by atoms with Crippen LogP contribution in [0.25, 0.3) is 0 Å². The molecule has 0 spiro atoms. The molecule has 116 valence electrons. The fourth-order valence-electron chi connectivity index (χ4n) is 1.79. The van der Waals surface area contributed by atoms with Crippen molar-refractivity contribution in [2.45, 2.75) is 58.7 Å². The van der Waals surface area contributed by atoms with Gasteiger partial charge in [0.15, 0.2) is 5.82 Å². The fraction of sp³-hybridized carbons (Fsp3) is 0.846. The average Bonchev–Trinajstić information content (AvgIpc) is 2.78. The maximum atomic E-state index is 12.1. The Balaban J connectivity index is 2.53. The predicted molar refractivity (Wildman–Crippen MR) is 69.3 cm³/mol. The topological polar surface area (TPSA) is 51.0 Å². The molecule has 0 saturated carbocycles. The molecule has 0 saturated heterocycles. The zero-order valence-electron chi connectivity index (χ0n) is 12.1. The summed E-state index contributed by atoms with van der Waals surface area (Å²) >= 11 is 0. The van der Waals surface area contributed by atoms with Gasteiger partial charge in [0.05, 0.1) is 6.42 Å². The van der Waals surface area contributed by atoms with Crippen molar-refractivity contribution >= 4 is 0 Å². The van der Waals surface area contributed by atoms with Crippen LogP contribution >= 0.6 is 0 Å². The Morgan fingerprint density at radius 1 is 1.30 bits per heavy atom. The van der Waals surface area contributed by atoms with E-state index in [2.05, 4.69) is 36.2 Å². The van der Waals surface area contributed by atoms with Crippen LogP contribution in [0, 0.1) is 5.92 Å². The summed E-state index contributed by atoms with van der Waals surface area (Å²) in [6, 6.07) is 0.186. The second-order valence-electron chi connectivity index (χ2n) is 5.23. The van der Waals surface area contributed by atoms with Crippen molar-refractivity contribution in [3.63, 3.8) is 0 Å². The molecule has 7 heteroatoms. The minimum Gasteiger partial charge on any atom is -0.339 e. The number of nitrogens with one attached hydrogen (secondary N) is 1. The van der Waals surface area contributed by atoms with Crippen LogP contribution in [0.1, 0.15) is 45.3 Å². The summed E-state index contributed by atoms with van der Waals surface area (Å²) in [5.41, 5.74) is 0. The summed E-state index contributed by atoms with van der Waals surface area (Å²) in [6.45, 7) is 7.12. The van der Waals surface area contributed by atoms with E-state index in [1.54, 1.807) is 0 Å². The van der Waals surface area contributed by atoms with Gasteiger partial charge in [0.1, 0.15) is 0 Å². The van der Waals surface area contributed by atoms with Crippen LogP contribution in [-0.4, -0.2) is 28.9 Å². The molecular weight excluding hydrogens is 271 g/mol. The number of hydrogen-bond donors (Lipinski definition) is 1. The highest BCUT2D eigenvalue weighted by Gasteiger charge is 2.27. The number of hydrogen-bond acceptors (Lipinski definition) is 4. The zero-order chi connectivity index (χ0) is 15.2. The molecule has 20 heavy (non-hydrogen) atoms. The minimum atomic E-state index is -4.19. The first-order valence-electron chi connectivity index (χ1n) is 6.93. The highest BCUT2D eigenvalue weighted by Crippen LogP contribution is 2.21. The molecule has 0 amide bonds. The molecule has 0 aliphatic rings. The normalized spacial score (nSPS) is 13.9. The van der Waals surface area contributed by atoms with Crippen molar-refractivity contribution in [3.05, 3.63) is 11.7 Å². The Labute approximate surface area is 117 Å². The van der Waals surface area contributed by atoms with Gasteiger partial charge in [-0.1, -0.05) is 25.9 Å². The Morgan fingerprint density at radius 2 is 2.00 bits per heavy atom. The monoisotopic (exact) mass is 293 g/mol. The molecular formula is C13H22F3N3O. The van der Waals surface area contributed by atoms with Gasteiger partial charge in [0.25, 0.3) is 0 Å². The van der Waals surface area contributed by atoms with Gasteiger partial charge in [-0.2, -0.15) is 18.2 Å². The van der Waals surface area contributed by atoms with E-state index in [1.165, 1.54) is 0 Å². The second-order valence-corrected chi connectivity index (χ2v) is 5.23. The maximum absolute atomic E-state index is 12.1. The lowest BCUT2D eigenvalue weighted by atomic mass is 10.0. The lowest BCUT2D eigenvalue weighted by molar-refractivity contribution is -0.134. The highest BCUT2D eigenvalue weighted by atomic mass is 19.4. The maximum Gasteiger partial charge on any atom is 0.389 e. The van der Waals surface area contributed by atoms with E-state index in [4.69, 9.17) is 4.52 Å². The molecule has 1 aromatic rings. The Hall–Kier alpha value is -1.11. The van der Waals surface area contributed by atoms with Crippen LogP contribution in [0.3, 0.4) is 0 Å². The van der Waals surface area contributed by atoms with Gasteiger partial charge in [-0.25, -0.2) is 0 Å². The van der Waals surface area contributed by atoms with Crippen LogP contribution in [0.2, 0.25) is 0 Å². The third-order valence-electron chi connectivity index (χ3n) is 3.00. The third kappa shape index (κ3) is 6.36. The van der Waals surface area contributed by atoms with Gasteiger partial charge in [0.2, 0.25) is 5.89 Å². The zero-order valence-corrected chi connectivity index (χ0v) is 12.1. The molecule has 1 N–H and O–H groups in total. The van der Waals surface area contributed by atoms with Gasteiger partial charge in [-0.05, 0) is 18.9 Å². The predicted octanol–water partition coefficient (Wildman–Crippen LogP) is 3.13. The first-order valence-corrected chi connectivity index (χ1v) is 6.93. The Bertz CT molecular complexity index is 390. The van der Waals surface area contributed by atoms with Crippen LogP contribution < -0.4 is 5.32 Å². The quantitative estimate of drug-likeness (QED) is 0.800. The largest absolute Gasteiger partial charge is 0.389 e. The Morgan fingerprint density at radius 3 is 2.55 bits per heavy atom. The molecule has 1 aromatic heterocycles. The molecule has 0 bridgehead atoms. The smallest absolute Gasteiger partial charge is 0.339 e. The van der Waals surface area contributed by atoms with Crippen molar-refractivity contribution < 1.29 is 17.7 Å². The molecule has 1 rings (SSSR count).